The van der Waals surface area contributed by atoms with Crippen molar-refractivity contribution in [2.45, 2.75) is 13.3 Å². The Balaban J connectivity index is 4.92. The average molecular weight is 260 g/mol. The summed E-state index contributed by atoms with van der Waals surface area (Å²) < 4.78 is 0. The molecule has 0 fully saturated rings. The second kappa shape index (κ2) is 11.0. The van der Waals surface area contributed by atoms with Crippen LogP contribution in [-0.2, 0) is 0 Å². The number of hydrogen-bond donors (Lipinski definition) is 1. The standard InChI is InChI=1S/C15H24N4/c1-6-9-10-14(18-16-4)11-12-15(17-8-3)19(5)13-7-2/h6-7,10-12,18H,1-2,4,8-9,13H2,3,5H3/b12-11+,14-10-,17-15-. The number of allylic oxidation sites excluding steroid dienone is 3. The molecule has 104 valence electrons. The van der Waals surface area contributed by atoms with Gasteiger partial charge < -0.3 is 4.90 Å². The number of amidine groups is 1. The first-order chi connectivity index (χ1) is 9.19. The fourth-order valence-electron chi connectivity index (χ4n) is 1.37. The van der Waals surface area contributed by atoms with Gasteiger partial charge in [0.15, 0.2) is 0 Å². The largest absolute Gasteiger partial charge is 0.356 e. The molecule has 0 bridgehead atoms. The number of nitrogens with one attached hydrogen (secondary N) is 1. The van der Waals surface area contributed by atoms with Crippen LogP contribution >= 0.6 is 0 Å². The first kappa shape index (κ1) is 16.9. The molecule has 0 aliphatic heterocycles. The maximum absolute atomic E-state index is 4.44. The first-order valence-corrected chi connectivity index (χ1v) is 6.26. The van der Waals surface area contributed by atoms with Crippen molar-refractivity contribution in [1.82, 2.24) is 10.3 Å². The molecule has 4 nitrogen and oxygen atoms in total. The Morgan fingerprint density at radius 2 is 2.00 bits per heavy atom. The first-order valence-electron chi connectivity index (χ1n) is 6.26. The number of hydrazone groups is 1. The lowest BCUT2D eigenvalue weighted by atomic mass is 10.3. The summed E-state index contributed by atoms with van der Waals surface area (Å²) in [5.41, 5.74) is 3.70. The van der Waals surface area contributed by atoms with Gasteiger partial charge in [0.05, 0.1) is 5.70 Å². The average Bonchev–Trinajstić information content (AvgIpc) is 2.40. The van der Waals surface area contributed by atoms with Crippen LogP contribution in [0.15, 0.2) is 59.3 Å². The zero-order valence-corrected chi connectivity index (χ0v) is 12.0. The summed E-state index contributed by atoms with van der Waals surface area (Å²) in [7, 11) is 1.98. The Hall–Kier alpha value is -2.10. The Morgan fingerprint density at radius 3 is 2.53 bits per heavy atom. The van der Waals surface area contributed by atoms with Crippen molar-refractivity contribution in [3.05, 3.63) is 49.2 Å². The van der Waals surface area contributed by atoms with Gasteiger partial charge >= 0.3 is 0 Å². The van der Waals surface area contributed by atoms with E-state index in [0.717, 1.165) is 31.0 Å². The molecule has 0 amide bonds. The molecule has 0 heterocycles. The highest BCUT2D eigenvalue weighted by Crippen LogP contribution is 1.99. The molecule has 0 aliphatic rings. The monoisotopic (exact) mass is 260 g/mol. The number of aliphatic imine (C=N–C) groups is 1. The molecule has 0 spiro atoms. The molecular formula is C15H24N4. The van der Waals surface area contributed by atoms with Crippen LogP contribution in [0.4, 0.5) is 0 Å². The molecule has 4 heteroatoms. The number of nitrogens with zero attached hydrogens (tertiary/aromatic N) is 3. The highest BCUT2D eigenvalue weighted by molar-refractivity contribution is 5.93. The van der Waals surface area contributed by atoms with Crippen LogP contribution in [0.3, 0.4) is 0 Å². The number of hydrogen-bond acceptors (Lipinski definition) is 3. The predicted molar refractivity (Wildman–Crippen MR) is 85.5 cm³/mol. The van der Waals surface area contributed by atoms with Crippen molar-refractivity contribution < 1.29 is 0 Å². The normalized spacial score (nSPS) is 12.3. The van der Waals surface area contributed by atoms with Crippen LogP contribution in [0.1, 0.15) is 13.3 Å². The van der Waals surface area contributed by atoms with E-state index in [0.29, 0.717) is 0 Å². The summed E-state index contributed by atoms with van der Waals surface area (Å²) in [5, 5.41) is 3.67. The zero-order valence-electron chi connectivity index (χ0n) is 12.0. The topological polar surface area (TPSA) is 40.0 Å². The summed E-state index contributed by atoms with van der Waals surface area (Å²) in [4.78, 5) is 6.47. The van der Waals surface area contributed by atoms with E-state index in [1.807, 2.05) is 49.3 Å². The Bertz CT molecular complexity index is 378. The van der Waals surface area contributed by atoms with Crippen LogP contribution < -0.4 is 5.43 Å². The zero-order chi connectivity index (χ0) is 14.5. The molecule has 19 heavy (non-hydrogen) atoms. The smallest absolute Gasteiger partial charge is 0.123 e. The maximum atomic E-state index is 4.44. The van der Waals surface area contributed by atoms with Crippen molar-refractivity contribution >= 4 is 12.6 Å². The van der Waals surface area contributed by atoms with Gasteiger partial charge in [-0.3, -0.25) is 10.4 Å². The predicted octanol–water partition coefficient (Wildman–Crippen LogP) is 2.74. The molecule has 0 saturated carbocycles. The van der Waals surface area contributed by atoms with E-state index in [2.05, 4.69) is 35.4 Å². The summed E-state index contributed by atoms with van der Waals surface area (Å²) in [6.45, 7) is 14.3. The van der Waals surface area contributed by atoms with Crippen LogP contribution in [-0.4, -0.2) is 37.6 Å². The fraction of sp³-hybridized carbons (Fsp3) is 0.333. The van der Waals surface area contributed by atoms with E-state index in [4.69, 9.17) is 0 Å². The van der Waals surface area contributed by atoms with E-state index >= 15 is 0 Å². The van der Waals surface area contributed by atoms with Crippen molar-refractivity contribution in [1.29, 1.82) is 0 Å². The molecule has 0 aliphatic carbocycles. The van der Waals surface area contributed by atoms with Crippen molar-refractivity contribution in [2.24, 2.45) is 10.1 Å². The summed E-state index contributed by atoms with van der Waals surface area (Å²) >= 11 is 0. The second-order valence-corrected chi connectivity index (χ2v) is 3.79. The quantitative estimate of drug-likeness (QED) is 0.228. The minimum absolute atomic E-state index is 0.736. The Labute approximate surface area is 116 Å². The molecule has 0 radical (unpaired) electrons. The molecule has 0 aromatic carbocycles. The lowest BCUT2D eigenvalue weighted by molar-refractivity contribution is 0.565. The van der Waals surface area contributed by atoms with Gasteiger partial charge in [-0.05, 0) is 25.5 Å². The van der Waals surface area contributed by atoms with Gasteiger partial charge in [0.1, 0.15) is 5.84 Å². The lowest BCUT2D eigenvalue weighted by Gasteiger charge is -2.16. The molecule has 0 unspecified atom stereocenters. The van der Waals surface area contributed by atoms with Gasteiger partial charge in [-0.2, -0.15) is 5.10 Å². The minimum Gasteiger partial charge on any atom is -0.356 e. The fourth-order valence-corrected chi connectivity index (χ4v) is 1.37. The Kier molecular flexibility index (Phi) is 9.80. The van der Waals surface area contributed by atoms with Gasteiger partial charge in [0, 0.05) is 26.9 Å². The minimum atomic E-state index is 0.736. The third-order valence-corrected chi connectivity index (χ3v) is 2.24. The SMILES string of the molecule is C=CC/C=C(/C=C/C(=N/CC)N(C)CC=C)NN=C. The highest BCUT2D eigenvalue weighted by atomic mass is 15.3. The van der Waals surface area contributed by atoms with Gasteiger partial charge in [0.2, 0.25) is 0 Å². The van der Waals surface area contributed by atoms with Gasteiger partial charge in [-0.1, -0.05) is 18.2 Å². The number of rotatable bonds is 9. The van der Waals surface area contributed by atoms with Crippen molar-refractivity contribution in [2.75, 3.05) is 20.1 Å². The molecule has 0 saturated heterocycles. The lowest BCUT2D eigenvalue weighted by Crippen LogP contribution is -2.25. The van der Waals surface area contributed by atoms with Crippen molar-refractivity contribution in [3.63, 3.8) is 0 Å². The Morgan fingerprint density at radius 1 is 1.26 bits per heavy atom. The van der Waals surface area contributed by atoms with Gasteiger partial charge in [0.25, 0.3) is 0 Å². The van der Waals surface area contributed by atoms with E-state index < -0.39 is 0 Å². The summed E-state index contributed by atoms with van der Waals surface area (Å²) in [6.07, 6.45) is 10.3. The van der Waals surface area contributed by atoms with E-state index in [-0.39, 0.29) is 0 Å². The third-order valence-electron chi connectivity index (χ3n) is 2.24. The number of likely N-dealkylation sites (N-methyl/N-ethyl adjacent to an activating group) is 1. The second-order valence-electron chi connectivity index (χ2n) is 3.79. The molecule has 0 aromatic rings. The van der Waals surface area contributed by atoms with E-state index in [9.17, 15) is 0 Å². The summed E-state index contributed by atoms with van der Waals surface area (Å²) in [6, 6.07) is 0. The van der Waals surface area contributed by atoms with Gasteiger partial charge in [-0.25, -0.2) is 0 Å². The molecule has 1 N–H and O–H groups in total. The van der Waals surface area contributed by atoms with E-state index in [1.54, 1.807) is 0 Å². The molecular weight excluding hydrogens is 236 g/mol. The van der Waals surface area contributed by atoms with E-state index in [1.165, 1.54) is 0 Å². The van der Waals surface area contributed by atoms with Crippen LogP contribution in [0.2, 0.25) is 0 Å². The van der Waals surface area contributed by atoms with Gasteiger partial charge in [-0.15, -0.1) is 13.2 Å². The summed E-state index contributed by atoms with van der Waals surface area (Å²) in [5.74, 6) is 0.901. The maximum Gasteiger partial charge on any atom is 0.123 e. The highest BCUT2D eigenvalue weighted by Gasteiger charge is 2.00. The van der Waals surface area contributed by atoms with Crippen LogP contribution in [0, 0.1) is 0 Å². The molecule has 0 aromatic heterocycles. The van der Waals surface area contributed by atoms with Crippen LogP contribution in [0.5, 0.6) is 0 Å². The third kappa shape index (κ3) is 7.76. The van der Waals surface area contributed by atoms with Crippen molar-refractivity contribution in [3.8, 4) is 0 Å². The molecule has 0 atom stereocenters. The van der Waals surface area contributed by atoms with Crippen LogP contribution in [0.25, 0.3) is 0 Å². The molecule has 0 rings (SSSR count).